The van der Waals surface area contributed by atoms with E-state index in [1.54, 1.807) is 18.2 Å². The molecule has 0 bridgehead atoms. The van der Waals surface area contributed by atoms with Crippen LogP contribution in [0.2, 0.25) is 10.0 Å². The molecule has 0 N–H and O–H groups in total. The van der Waals surface area contributed by atoms with Gasteiger partial charge in [0.2, 0.25) is 0 Å². The number of carbonyl (C=O) groups is 1. The van der Waals surface area contributed by atoms with Crippen molar-refractivity contribution in [3.8, 4) is 0 Å². The molecule has 0 saturated heterocycles. The van der Waals surface area contributed by atoms with E-state index < -0.39 is 0 Å². The van der Waals surface area contributed by atoms with E-state index in [-0.39, 0.29) is 5.78 Å². The Bertz CT molecular complexity index is 401. The van der Waals surface area contributed by atoms with Gasteiger partial charge in [-0.2, -0.15) is 0 Å². The van der Waals surface area contributed by atoms with Gasteiger partial charge in [0.05, 0.1) is 10.0 Å². The minimum absolute atomic E-state index is 0.102. The fraction of sp³-hybridized carbons (Fsp3) is 0.533. The summed E-state index contributed by atoms with van der Waals surface area (Å²) in [5.74, 6) is 0.554. The van der Waals surface area contributed by atoms with Crippen LogP contribution < -0.4 is 0 Å². The van der Waals surface area contributed by atoms with Crippen LogP contribution in [0, 0.1) is 5.92 Å². The van der Waals surface area contributed by atoms with Gasteiger partial charge in [0.15, 0.2) is 5.78 Å². The zero-order valence-corrected chi connectivity index (χ0v) is 12.5. The first-order valence-corrected chi connectivity index (χ1v) is 7.32. The molecule has 1 atom stereocenters. The standard InChI is InChI=1S/C15H20Cl2O/c1-3-5-7-11(4-2)10-14(18)12-8-6-9-13(16)15(12)17/h6,8-9,11H,3-5,7,10H2,1-2H3. The maximum atomic E-state index is 12.2. The largest absolute Gasteiger partial charge is 0.294 e. The van der Waals surface area contributed by atoms with Gasteiger partial charge in [0.1, 0.15) is 0 Å². The fourth-order valence-corrected chi connectivity index (χ4v) is 2.44. The number of hydrogen-bond donors (Lipinski definition) is 0. The number of rotatable bonds is 7. The SMILES string of the molecule is CCCCC(CC)CC(=O)c1cccc(Cl)c1Cl. The van der Waals surface area contributed by atoms with Crippen molar-refractivity contribution in [2.45, 2.75) is 46.0 Å². The average molecular weight is 287 g/mol. The third-order valence-electron chi connectivity index (χ3n) is 3.27. The Morgan fingerprint density at radius 3 is 2.61 bits per heavy atom. The molecule has 0 aromatic heterocycles. The summed E-state index contributed by atoms with van der Waals surface area (Å²) in [4.78, 5) is 12.2. The maximum Gasteiger partial charge on any atom is 0.164 e. The minimum Gasteiger partial charge on any atom is -0.294 e. The molecule has 1 nitrogen and oxygen atoms in total. The highest BCUT2D eigenvalue weighted by atomic mass is 35.5. The van der Waals surface area contributed by atoms with Crippen LogP contribution in [0.25, 0.3) is 0 Å². The molecule has 1 unspecified atom stereocenters. The van der Waals surface area contributed by atoms with E-state index in [0.717, 1.165) is 12.8 Å². The Kier molecular flexibility index (Phi) is 6.73. The highest BCUT2D eigenvalue weighted by molar-refractivity contribution is 6.43. The van der Waals surface area contributed by atoms with Gasteiger partial charge in [-0.15, -0.1) is 0 Å². The molecule has 0 spiro atoms. The molecule has 0 aliphatic carbocycles. The van der Waals surface area contributed by atoms with Gasteiger partial charge in [0.25, 0.3) is 0 Å². The summed E-state index contributed by atoms with van der Waals surface area (Å²) in [5.41, 5.74) is 0.555. The van der Waals surface area contributed by atoms with Crippen LogP contribution in [0.3, 0.4) is 0 Å². The summed E-state index contributed by atoms with van der Waals surface area (Å²) in [6.45, 7) is 4.30. The van der Waals surface area contributed by atoms with Crippen molar-refractivity contribution in [3.63, 3.8) is 0 Å². The summed E-state index contributed by atoms with van der Waals surface area (Å²) in [5, 5.41) is 0.832. The zero-order valence-electron chi connectivity index (χ0n) is 11.0. The Morgan fingerprint density at radius 2 is 2.00 bits per heavy atom. The van der Waals surface area contributed by atoms with E-state index in [1.807, 2.05) is 0 Å². The Hall–Kier alpha value is -0.530. The van der Waals surface area contributed by atoms with Crippen molar-refractivity contribution in [3.05, 3.63) is 33.8 Å². The number of ketones is 1. The minimum atomic E-state index is 0.102. The summed E-state index contributed by atoms with van der Waals surface area (Å²) < 4.78 is 0. The van der Waals surface area contributed by atoms with Crippen LogP contribution in [0.5, 0.6) is 0 Å². The van der Waals surface area contributed by atoms with Gasteiger partial charge in [-0.1, -0.05) is 68.8 Å². The molecule has 1 aromatic rings. The van der Waals surface area contributed by atoms with Gasteiger partial charge in [-0.3, -0.25) is 4.79 Å². The summed E-state index contributed by atoms with van der Waals surface area (Å²) >= 11 is 12.0. The second-order valence-electron chi connectivity index (χ2n) is 4.65. The van der Waals surface area contributed by atoms with Crippen molar-refractivity contribution in [2.75, 3.05) is 0 Å². The quantitative estimate of drug-likeness (QED) is 0.581. The van der Waals surface area contributed by atoms with Crippen LogP contribution in [-0.2, 0) is 0 Å². The van der Waals surface area contributed by atoms with Crippen molar-refractivity contribution in [1.82, 2.24) is 0 Å². The first-order chi connectivity index (χ1) is 8.60. The molecule has 0 heterocycles. The monoisotopic (exact) mass is 286 g/mol. The van der Waals surface area contributed by atoms with Crippen LogP contribution >= 0.6 is 23.2 Å². The average Bonchev–Trinajstić information content (AvgIpc) is 2.37. The molecule has 3 heteroatoms. The van der Waals surface area contributed by atoms with E-state index >= 15 is 0 Å². The molecule has 0 fully saturated rings. The molecule has 0 amide bonds. The third-order valence-corrected chi connectivity index (χ3v) is 4.09. The topological polar surface area (TPSA) is 17.1 Å². The molecule has 0 radical (unpaired) electrons. The number of halogens is 2. The van der Waals surface area contributed by atoms with E-state index in [0.29, 0.717) is 27.9 Å². The number of hydrogen-bond acceptors (Lipinski definition) is 1. The maximum absolute atomic E-state index is 12.2. The lowest BCUT2D eigenvalue weighted by Crippen LogP contribution is -2.09. The number of unbranched alkanes of at least 4 members (excludes halogenated alkanes) is 1. The zero-order chi connectivity index (χ0) is 13.5. The van der Waals surface area contributed by atoms with E-state index in [2.05, 4.69) is 13.8 Å². The molecule has 1 aromatic carbocycles. The molecule has 100 valence electrons. The highest BCUT2D eigenvalue weighted by Crippen LogP contribution is 2.28. The van der Waals surface area contributed by atoms with Gasteiger partial charge in [-0.25, -0.2) is 0 Å². The lowest BCUT2D eigenvalue weighted by atomic mass is 9.91. The summed E-state index contributed by atoms with van der Waals surface area (Å²) in [6, 6.07) is 5.23. The van der Waals surface area contributed by atoms with Gasteiger partial charge in [0, 0.05) is 12.0 Å². The van der Waals surface area contributed by atoms with Crippen LogP contribution in [-0.4, -0.2) is 5.78 Å². The van der Waals surface area contributed by atoms with Gasteiger partial charge >= 0.3 is 0 Å². The number of Topliss-reactive ketones (excluding diaryl/α,β-unsaturated/α-hetero) is 1. The first kappa shape index (κ1) is 15.5. The number of carbonyl (C=O) groups excluding carboxylic acids is 1. The van der Waals surface area contributed by atoms with Crippen LogP contribution in [0.15, 0.2) is 18.2 Å². The number of benzene rings is 1. The third kappa shape index (κ3) is 4.29. The Labute approximate surface area is 119 Å². The van der Waals surface area contributed by atoms with E-state index in [4.69, 9.17) is 23.2 Å². The normalized spacial score (nSPS) is 12.4. The van der Waals surface area contributed by atoms with Crippen LogP contribution in [0.4, 0.5) is 0 Å². The molecule has 1 rings (SSSR count). The van der Waals surface area contributed by atoms with Crippen molar-refractivity contribution in [1.29, 1.82) is 0 Å². The molecular formula is C15H20Cl2O. The summed E-state index contributed by atoms with van der Waals surface area (Å²) in [6.07, 6.45) is 5.05. The highest BCUT2D eigenvalue weighted by Gasteiger charge is 2.16. The fourth-order valence-electron chi connectivity index (χ4n) is 2.03. The van der Waals surface area contributed by atoms with Crippen molar-refractivity contribution >= 4 is 29.0 Å². The lowest BCUT2D eigenvalue weighted by molar-refractivity contribution is 0.0957. The van der Waals surface area contributed by atoms with Crippen molar-refractivity contribution in [2.24, 2.45) is 5.92 Å². The van der Waals surface area contributed by atoms with Gasteiger partial charge < -0.3 is 0 Å². The molecule has 0 aliphatic heterocycles. The smallest absolute Gasteiger partial charge is 0.164 e. The van der Waals surface area contributed by atoms with Crippen LogP contribution in [0.1, 0.15) is 56.3 Å². The molecule has 0 saturated carbocycles. The molecule has 0 aliphatic rings. The Morgan fingerprint density at radius 1 is 1.28 bits per heavy atom. The second-order valence-corrected chi connectivity index (χ2v) is 5.43. The first-order valence-electron chi connectivity index (χ1n) is 6.57. The Balaban J connectivity index is 2.72. The summed E-state index contributed by atoms with van der Waals surface area (Å²) in [7, 11) is 0. The van der Waals surface area contributed by atoms with Gasteiger partial charge in [-0.05, 0) is 18.1 Å². The second kappa shape index (κ2) is 7.81. The van der Waals surface area contributed by atoms with E-state index in [1.165, 1.54) is 12.8 Å². The molecule has 18 heavy (non-hydrogen) atoms. The predicted molar refractivity (Wildman–Crippen MR) is 78.7 cm³/mol. The van der Waals surface area contributed by atoms with Crippen molar-refractivity contribution < 1.29 is 4.79 Å². The van der Waals surface area contributed by atoms with E-state index in [9.17, 15) is 4.79 Å². The molecular weight excluding hydrogens is 267 g/mol. The predicted octanol–water partition coefficient (Wildman–Crippen LogP) is 5.78. The lowest BCUT2D eigenvalue weighted by Gasteiger charge is -2.14.